The van der Waals surface area contributed by atoms with Crippen LogP contribution in [0.25, 0.3) is 6.08 Å². The summed E-state index contributed by atoms with van der Waals surface area (Å²) in [5.74, 6) is -1.33. The maximum atomic E-state index is 10.3. The van der Waals surface area contributed by atoms with Crippen molar-refractivity contribution in [2.45, 2.75) is 0 Å². The zero-order chi connectivity index (χ0) is 11.3. The zero-order valence-electron chi connectivity index (χ0n) is 8.90. The first-order valence-electron chi connectivity index (χ1n) is 4.74. The van der Waals surface area contributed by atoms with Crippen LogP contribution in [0.5, 0.6) is 0 Å². The number of carboxylic acid groups (broad SMARTS) is 1. The third-order valence-corrected chi connectivity index (χ3v) is 1.33. The van der Waals surface area contributed by atoms with Crippen LogP contribution in [0.1, 0.15) is 8.30 Å². The van der Waals surface area contributed by atoms with Crippen LogP contribution >= 0.6 is 0 Å². The topological polar surface area (TPSA) is 37.3 Å². The van der Waals surface area contributed by atoms with Gasteiger partial charge in [0, 0.05) is 6.05 Å². The molecule has 2 heteroatoms. The fraction of sp³-hybridized carbons (Fsp3) is 0. The molecule has 2 nitrogen and oxygen atoms in total. The van der Waals surface area contributed by atoms with Crippen LogP contribution in [0.15, 0.2) is 48.5 Å². The molecule has 1 N–H and O–H groups in total. The van der Waals surface area contributed by atoms with E-state index in [9.17, 15) is 4.79 Å². The quantitative estimate of drug-likeness (QED) is 0.567. The van der Waals surface area contributed by atoms with Crippen LogP contribution in [0.2, 0.25) is 0 Å². The summed E-state index contributed by atoms with van der Waals surface area (Å²) in [5.41, 5.74) is 0.803. The summed E-state index contributed by atoms with van der Waals surface area (Å²) in [6.07, 6.45) is 2.49. The standard InChI is InChI=1S/C11H10O2/c12-11(13)9-5-4-8-10-6-2-1-3-7-10/h1-9H,(H,12,13)/b8-4+,9-5+/i4D,9D. The van der Waals surface area contributed by atoms with Crippen molar-refractivity contribution >= 4 is 12.0 Å². The van der Waals surface area contributed by atoms with Gasteiger partial charge in [-0.1, -0.05) is 48.5 Å². The molecule has 1 aromatic carbocycles. The van der Waals surface area contributed by atoms with Crippen molar-refractivity contribution in [3.8, 4) is 0 Å². The van der Waals surface area contributed by atoms with Crippen molar-refractivity contribution in [3.05, 3.63) is 54.1 Å². The number of hydrogen-bond acceptors (Lipinski definition) is 1. The number of allylic oxidation sites excluding steroid dienone is 2. The largest absolute Gasteiger partial charge is 0.478 e. The van der Waals surface area contributed by atoms with Crippen molar-refractivity contribution in [1.82, 2.24) is 0 Å². The van der Waals surface area contributed by atoms with Crippen molar-refractivity contribution in [2.24, 2.45) is 0 Å². The molecular formula is C11H10O2. The third kappa shape index (κ3) is 3.91. The molecule has 0 aliphatic heterocycles. The Morgan fingerprint density at radius 3 is 2.69 bits per heavy atom. The Morgan fingerprint density at radius 2 is 2.08 bits per heavy atom. The highest BCUT2D eigenvalue weighted by Crippen LogP contribution is 2.00. The molecule has 0 aliphatic carbocycles. The fourth-order valence-electron chi connectivity index (χ4n) is 0.791. The van der Waals surface area contributed by atoms with Crippen LogP contribution < -0.4 is 0 Å². The van der Waals surface area contributed by atoms with E-state index < -0.39 is 12.0 Å². The maximum Gasteiger partial charge on any atom is 0.328 e. The molecule has 0 radical (unpaired) electrons. The summed E-state index contributed by atoms with van der Waals surface area (Å²) in [6.45, 7) is 0. The van der Waals surface area contributed by atoms with E-state index in [1.165, 1.54) is 6.08 Å². The van der Waals surface area contributed by atoms with E-state index in [1.807, 2.05) is 18.2 Å². The predicted octanol–water partition coefficient (Wildman–Crippen LogP) is 2.34. The average molecular weight is 176 g/mol. The molecule has 66 valence electrons. The molecule has 0 spiro atoms. The Balaban J connectivity index is 2.86. The SMILES string of the molecule is [2H]C(=C\c1ccccc1)/C=C(\[2H])C(=O)O. The highest BCUT2D eigenvalue weighted by atomic mass is 16.4. The Kier molecular flexibility index (Phi) is 2.53. The van der Waals surface area contributed by atoms with Gasteiger partial charge in [-0.25, -0.2) is 4.79 Å². The van der Waals surface area contributed by atoms with Gasteiger partial charge < -0.3 is 5.11 Å². The predicted molar refractivity (Wildman–Crippen MR) is 52.3 cm³/mol. The molecular weight excluding hydrogens is 164 g/mol. The molecule has 13 heavy (non-hydrogen) atoms. The van der Waals surface area contributed by atoms with Gasteiger partial charge in [-0.15, -0.1) is 0 Å². The highest BCUT2D eigenvalue weighted by Gasteiger charge is 1.82. The Bertz CT molecular complexity index is 408. The third-order valence-electron chi connectivity index (χ3n) is 1.33. The normalized spacial score (nSPS) is 14.8. The fourth-order valence-corrected chi connectivity index (χ4v) is 0.791. The van der Waals surface area contributed by atoms with Crippen LogP contribution in [-0.4, -0.2) is 11.1 Å². The number of aliphatic carboxylic acids is 1. The van der Waals surface area contributed by atoms with Gasteiger partial charge in [-0.3, -0.25) is 0 Å². The number of hydrogen-bond donors (Lipinski definition) is 1. The van der Waals surface area contributed by atoms with Gasteiger partial charge in [0.05, 0.1) is 2.74 Å². The lowest BCUT2D eigenvalue weighted by Crippen LogP contribution is -1.84. The van der Waals surface area contributed by atoms with E-state index in [4.69, 9.17) is 7.85 Å². The molecule has 0 unspecified atom stereocenters. The summed E-state index contributed by atoms with van der Waals surface area (Å²) >= 11 is 0. The van der Waals surface area contributed by atoms with Crippen LogP contribution in [0, 0.1) is 0 Å². The van der Waals surface area contributed by atoms with Gasteiger partial charge in [-0.05, 0) is 5.56 Å². The molecule has 0 saturated carbocycles. The van der Waals surface area contributed by atoms with E-state index in [0.717, 1.165) is 11.6 Å². The van der Waals surface area contributed by atoms with Gasteiger partial charge in [0.2, 0.25) is 0 Å². The summed E-state index contributed by atoms with van der Waals surface area (Å²) in [7, 11) is 0. The number of carbonyl (C=O) groups is 1. The van der Waals surface area contributed by atoms with Crippen molar-refractivity contribution in [2.75, 3.05) is 0 Å². The van der Waals surface area contributed by atoms with Crippen molar-refractivity contribution in [3.63, 3.8) is 0 Å². The summed E-state index contributed by atoms with van der Waals surface area (Å²) in [6, 6.07) is 8.49. The van der Waals surface area contributed by atoms with Gasteiger partial charge >= 0.3 is 5.97 Å². The van der Waals surface area contributed by atoms with Crippen molar-refractivity contribution < 1.29 is 12.6 Å². The molecule has 1 rings (SSSR count). The maximum absolute atomic E-state index is 10.3. The zero-order valence-corrected chi connectivity index (χ0v) is 6.90. The molecule has 0 heterocycles. The monoisotopic (exact) mass is 176 g/mol. The molecule has 0 fully saturated rings. The Morgan fingerprint density at radius 1 is 1.38 bits per heavy atom. The summed E-state index contributed by atoms with van der Waals surface area (Å²) < 4.78 is 14.5. The van der Waals surface area contributed by atoms with E-state index in [0.29, 0.717) is 0 Å². The summed E-state index contributed by atoms with van der Waals surface area (Å²) in [4.78, 5) is 10.3. The number of carboxylic acids is 1. The van der Waals surface area contributed by atoms with Crippen LogP contribution in [0.3, 0.4) is 0 Å². The van der Waals surface area contributed by atoms with Gasteiger partial charge in [-0.2, -0.15) is 0 Å². The second-order valence-electron chi connectivity index (χ2n) is 2.32. The van der Waals surface area contributed by atoms with Gasteiger partial charge in [0.1, 0.15) is 0 Å². The Labute approximate surface area is 79.6 Å². The van der Waals surface area contributed by atoms with E-state index in [-0.39, 0.29) is 6.05 Å². The lowest BCUT2D eigenvalue weighted by molar-refractivity contribution is -0.131. The molecule has 0 amide bonds. The lowest BCUT2D eigenvalue weighted by Gasteiger charge is -1.87. The first kappa shape index (κ1) is 6.66. The minimum absolute atomic E-state index is 0.00593. The smallest absolute Gasteiger partial charge is 0.328 e. The molecule has 1 aromatic rings. The second-order valence-corrected chi connectivity index (χ2v) is 2.32. The van der Waals surface area contributed by atoms with Gasteiger partial charge in [0.15, 0.2) is 0 Å². The highest BCUT2D eigenvalue weighted by molar-refractivity contribution is 5.80. The van der Waals surface area contributed by atoms with E-state index in [1.54, 1.807) is 12.1 Å². The molecule has 0 aliphatic rings. The summed E-state index contributed by atoms with van der Waals surface area (Å²) in [5, 5.41) is 8.43. The van der Waals surface area contributed by atoms with Crippen LogP contribution in [0.4, 0.5) is 0 Å². The van der Waals surface area contributed by atoms with E-state index >= 15 is 0 Å². The first-order valence-corrected chi connectivity index (χ1v) is 3.74. The molecule has 0 atom stereocenters. The molecule has 0 saturated heterocycles. The number of benzene rings is 1. The van der Waals surface area contributed by atoms with E-state index in [2.05, 4.69) is 0 Å². The first-order chi connectivity index (χ1) is 7.09. The minimum Gasteiger partial charge on any atom is -0.478 e. The second kappa shape index (κ2) is 4.93. The van der Waals surface area contributed by atoms with Crippen LogP contribution in [-0.2, 0) is 4.79 Å². The lowest BCUT2D eigenvalue weighted by atomic mass is 10.2. The van der Waals surface area contributed by atoms with Crippen molar-refractivity contribution in [1.29, 1.82) is 0 Å². The Hall–Kier alpha value is -1.83. The molecule has 0 aromatic heterocycles. The molecule has 0 bridgehead atoms. The minimum atomic E-state index is -1.33. The average Bonchev–Trinajstić information content (AvgIpc) is 2.18. The number of rotatable bonds is 3. The van der Waals surface area contributed by atoms with Gasteiger partial charge in [0.25, 0.3) is 0 Å².